The smallest absolute Gasteiger partial charge is 0.122 e. The lowest BCUT2D eigenvalue weighted by atomic mass is 9.93. The van der Waals surface area contributed by atoms with Crippen molar-refractivity contribution in [3.05, 3.63) is 28.8 Å². The van der Waals surface area contributed by atoms with Crippen LogP contribution in [0.25, 0.3) is 0 Å². The first-order valence-corrected chi connectivity index (χ1v) is 7.02. The molecule has 0 radical (unpaired) electrons. The van der Waals surface area contributed by atoms with E-state index in [0.29, 0.717) is 6.61 Å². The molecule has 3 N–H and O–H groups in total. The number of aliphatic hydroxyl groups is 1. The fraction of sp³-hybridized carbons (Fsp3) is 0.625. The van der Waals surface area contributed by atoms with Crippen LogP contribution in [-0.4, -0.2) is 23.9 Å². The second-order valence-corrected chi connectivity index (χ2v) is 5.53. The van der Waals surface area contributed by atoms with Crippen LogP contribution in [0.2, 0.25) is 0 Å². The van der Waals surface area contributed by atoms with Gasteiger partial charge in [-0.25, -0.2) is 0 Å². The number of rotatable bonds is 7. The zero-order valence-electron chi connectivity index (χ0n) is 12.6. The van der Waals surface area contributed by atoms with Crippen molar-refractivity contribution in [1.29, 1.82) is 0 Å². The van der Waals surface area contributed by atoms with Gasteiger partial charge in [-0.1, -0.05) is 13.0 Å². The van der Waals surface area contributed by atoms with Crippen molar-refractivity contribution in [2.24, 2.45) is 5.73 Å². The summed E-state index contributed by atoms with van der Waals surface area (Å²) in [5, 5.41) is 9.25. The predicted octanol–water partition coefficient (Wildman–Crippen LogP) is 2.87. The fourth-order valence-corrected chi connectivity index (χ4v) is 2.12. The predicted molar refractivity (Wildman–Crippen MR) is 79.7 cm³/mol. The Morgan fingerprint density at radius 2 is 1.95 bits per heavy atom. The molecule has 1 rings (SSSR count). The summed E-state index contributed by atoms with van der Waals surface area (Å²) >= 11 is 0. The Kier molecular flexibility index (Phi) is 5.83. The van der Waals surface area contributed by atoms with E-state index in [-0.39, 0.29) is 6.61 Å². The molecule has 1 atom stereocenters. The zero-order chi connectivity index (χ0) is 14.5. The molecule has 0 spiro atoms. The Balaban J connectivity index is 2.50. The van der Waals surface area contributed by atoms with E-state index < -0.39 is 5.54 Å². The van der Waals surface area contributed by atoms with E-state index in [2.05, 4.69) is 32.9 Å². The van der Waals surface area contributed by atoms with E-state index in [1.165, 1.54) is 16.7 Å². The molecule has 0 aliphatic heterocycles. The average Bonchev–Trinajstić information content (AvgIpc) is 2.39. The molecule has 0 bridgehead atoms. The molecule has 0 aromatic heterocycles. The van der Waals surface area contributed by atoms with Crippen molar-refractivity contribution in [2.45, 2.75) is 52.5 Å². The van der Waals surface area contributed by atoms with Crippen molar-refractivity contribution >= 4 is 0 Å². The second kappa shape index (κ2) is 6.92. The Labute approximate surface area is 116 Å². The minimum atomic E-state index is -0.457. The van der Waals surface area contributed by atoms with Crippen LogP contribution < -0.4 is 10.5 Å². The van der Waals surface area contributed by atoms with Crippen molar-refractivity contribution in [3.63, 3.8) is 0 Å². The highest BCUT2D eigenvalue weighted by molar-refractivity contribution is 5.41. The molecule has 1 aromatic carbocycles. The van der Waals surface area contributed by atoms with Crippen molar-refractivity contribution in [1.82, 2.24) is 0 Å². The lowest BCUT2D eigenvalue weighted by molar-refractivity contribution is 0.171. The van der Waals surface area contributed by atoms with E-state index in [4.69, 9.17) is 10.5 Å². The molecule has 3 heteroatoms. The number of hydrogen-bond acceptors (Lipinski definition) is 3. The van der Waals surface area contributed by atoms with Crippen LogP contribution in [0.3, 0.4) is 0 Å². The minimum absolute atomic E-state index is 0.0338. The Morgan fingerprint density at radius 3 is 2.53 bits per heavy atom. The van der Waals surface area contributed by atoms with Gasteiger partial charge in [0.15, 0.2) is 0 Å². The Hall–Kier alpha value is -1.06. The van der Waals surface area contributed by atoms with Gasteiger partial charge in [-0.3, -0.25) is 0 Å². The molecule has 0 fully saturated rings. The van der Waals surface area contributed by atoms with E-state index in [9.17, 15) is 5.11 Å². The lowest BCUT2D eigenvalue weighted by Gasteiger charge is -2.25. The molecule has 1 aromatic rings. The van der Waals surface area contributed by atoms with Crippen LogP contribution in [-0.2, 0) is 0 Å². The van der Waals surface area contributed by atoms with Gasteiger partial charge < -0.3 is 15.6 Å². The molecule has 19 heavy (non-hydrogen) atoms. The molecule has 0 saturated heterocycles. The van der Waals surface area contributed by atoms with E-state index >= 15 is 0 Å². The van der Waals surface area contributed by atoms with Crippen LogP contribution in [0, 0.1) is 20.8 Å². The van der Waals surface area contributed by atoms with Crippen molar-refractivity contribution < 1.29 is 9.84 Å². The van der Waals surface area contributed by atoms with E-state index in [1.54, 1.807) is 0 Å². The first-order chi connectivity index (χ1) is 8.91. The van der Waals surface area contributed by atoms with Crippen LogP contribution >= 0.6 is 0 Å². The summed E-state index contributed by atoms with van der Waals surface area (Å²) in [4.78, 5) is 0. The van der Waals surface area contributed by atoms with E-state index in [0.717, 1.165) is 25.0 Å². The third-order valence-corrected chi connectivity index (χ3v) is 3.86. The molecular formula is C16H27NO2. The molecule has 108 valence electrons. The van der Waals surface area contributed by atoms with Crippen LogP contribution in [0.4, 0.5) is 0 Å². The maximum atomic E-state index is 9.25. The monoisotopic (exact) mass is 265 g/mol. The first kappa shape index (κ1) is 16.0. The van der Waals surface area contributed by atoms with Gasteiger partial charge in [0.1, 0.15) is 5.75 Å². The molecule has 0 aliphatic carbocycles. The molecule has 0 aliphatic rings. The highest BCUT2D eigenvalue weighted by Gasteiger charge is 2.20. The number of aryl methyl sites for hydroxylation is 2. The van der Waals surface area contributed by atoms with Crippen LogP contribution in [0.15, 0.2) is 12.1 Å². The number of aliphatic hydroxyl groups excluding tert-OH is 1. The summed E-state index contributed by atoms with van der Waals surface area (Å²) in [5.41, 5.74) is 9.26. The summed E-state index contributed by atoms with van der Waals surface area (Å²) in [5.74, 6) is 0.959. The second-order valence-electron chi connectivity index (χ2n) is 5.53. The standard InChI is InChI=1S/C16H27NO2/c1-5-16(17,11-18)7-6-8-19-15-10-12(2)9-13(3)14(15)4/h9-10,18H,5-8,11,17H2,1-4H3. The number of nitrogens with two attached hydrogens (primary N) is 1. The van der Waals surface area contributed by atoms with Gasteiger partial charge >= 0.3 is 0 Å². The maximum Gasteiger partial charge on any atom is 0.122 e. The lowest BCUT2D eigenvalue weighted by Crippen LogP contribution is -2.43. The Bertz CT molecular complexity index is 411. The average molecular weight is 265 g/mol. The number of benzene rings is 1. The topological polar surface area (TPSA) is 55.5 Å². The fourth-order valence-electron chi connectivity index (χ4n) is 2.12. The van der Waals surface area contributed by atoms with Gasteiger partial charge in [-0.05, 0) is 62.8 Å². The molecule has 1 unspecified atom stereocenters. The number of hydrogen-bond donors (Lipinski definition) is 2. The van der Waals surface area contributed by atoms with E-state index in [1.807, 2.05) is 6.92 Å². The van der Waals surface area contributed by atoms with Crippen LogP contribution in [0.1, 0.15) is 42.9 Å². The summed E-state index contributed by atoms with van der Waals surface area (Å²) in [7, 11) is 0. The quantitative estimate of drug-likeness (QED) is 0.745. The summed E-state index contributed by atoms with van der Waals surface area (Å²) < 4.78 is 5.85. The minimum Gasteiger partial charge on any atom is -0.493 e. The molecule has 3 nitrogen and oxygen atoms in total. The van der Waals surface area contributed by atoms with Crippen molar-refractivity contribution in [2.75, 3.05) is 13.2 Å². The zero-order valence-corrected chi connectivity index (χ0v) is 12.6. The third kappa shape index (κ3) is 4.51. The van der Waals surface area contributed by atoms with Gasteiger partial charge in [-0.2, -0.15) is 0 Å². The molecule has 0 amide bonds. The summed E-state index contributed by atoms with van der Waals surface area (Å²) in [6.45, 7) is 8.94. The summed E-state index contributed by atoms with van der Waals surface area (Å²) in [6, 6.07) is 4.24. The molecule has 0 saturated carbocycles. The highest BCUT2D eigenvalue weighted by atomic mass is 16.5. The Morgan fingerprint density at radius 1 is 1.26 bits per heavy atom. The third-order valence-electron chi connectivity index (χ3n) is 3.86. The largest absolute Gasteiger partial charge is 0.493 e. The SMILES string of the molecule is CCC(N)(CO)CCCOc1cc(C)cc(C)c1C. The maximum absolute atomic E-state index is 9.25. The van der Waals surface area contributed by atoms with Gasteiger partial charge in [0.2, 0.25) is 0 Å². The van der Waals surface area contributed by atoms with Crippen LogP contribution in [0.5, 0.6) is 5.75 Å². The first-order valence-electron chi connectivity index (χ1n) is 7.02. The molecule has 0 heterocycles. The van der Waals surface area contributed by atoms with Gasteiger partial charge in [0, 0.05) is 5.54 Å². The van der Waals surface area contributed by atoms with Gasteiger partial charge in [-0.15, -0.1) is 0 Å². The number of ether oxygens (including phenoxy) is 1. The summed E-state index contributed by atoms with van der Waals surface area (Å²) in [6.07, 6.45) is 2.42. The van der Waals surface area contributed by atoms with Gasteiger partial charge in [0.05, 0.1) is 13.2 Å². The normalized spacial score (nSPS) is 14.2. The van der Waals surface area contributed by atoms with Gasteiger partial charge in [0.25, 0.3) is 0 Å². The molecular weight excluding hydrogens is 238 g/mol. The highest BCUT2D eigenvalue weighted by Crippen LogP contribution is 2.24. The van der Waals surface area contributed by atoms with Crippen molar-refractivity contribution in [3.8, 4) is 5.75 Å².